The molecular weight excluding hydrogens is 393 g/mol. The van der Waals surface area contributed by atoms with Gasteiger partial charge < -0.3 is 19.7 Å². The summed E-state index contributed by atoms with van der Waals surface area (Å²) in [5, 5.41) is 22.1. The number of hydrogen-bond acceptors (Lipinski definition) is 6. The zero-order valence-electron chi connectivity index (χ0n) is 15.8. The van der Waals surface area contributed by atoms with Crippen LogP contribution >= 0.6 is 11.3 Å². The van der Waals surface area contributed by atoms with E-state index >= 15 is 0 Å². The van der Waals surface area contributed by atoms with E-state index in [1.165, 1.54) is 24.6 Å². The van der Waals surface area contributed by atoms with Gasteiger partial charge in [0.1, 0.15) is 18.2 Å². The fourth-order valence-electron chi connectivity index (χ4n) is 3.17. The molecule has 0 spiro atoms. The minimum absolute atomic E-state index is 0.0301. The standard InChI is InChI=1S/C22H18FNO4S/c1-12-6-7-13-4-3-5-14(21(13)24-12)10-28-19-8-15(16(23)9-18(19)27-2)20-17(25)11-29-22(20)26/h3-9,11,25-26H,10H2,1-2H3. The summed E-state index contributed by atoms with van der Waals surface area (Å²) in [7, 11) is 1.42. The van der Waals surface area contributed by atoms with E-state index < -0.39 is 5.82 Å². The highest BCUT2D eigenvalue weighted by molar-refractivity contribution is 7.12. The molecule has 0 amide bonds. The van der Waals surface area contributed by atoms with E-state index in [4.69, 9.17) is 9.47 Å². The Balaban J connectivity index is 1.72. The van der Waals surface area contributed by atoms with Crippen molar-refractivity contribution in [3.63, 3.8) is 0 Å². The lowest BCUT2D eigenvalue weighted by atomic mass is 10.1. The van der Waals surface area contributed by atoms with Crippen LogP contribution in [0.5, 0.6) is 22.3 Å². The number of halogens is 1. The highest BCUT2D eigenvalue weighted by Crippen LogP contribution is 2.46. The average Bonchev–Trinajstić information content (AvgIpc) is 3.05. The lowest BCUT2D eigenvalue weighted by molar-refractivity contribution is 0.284. The maximum absolute atomic E-state index is 14.6. The molecule has 0 bridgehead atoms. The molecule has 0 fully saturated rings. The molecule has 0 saturated heterocycles. The molecule has 5 nitrogen and oxygen atoms in total. The number of ether oxygens (including phenoxy) is 2. The van der Waals surface area contributed by atoms with Crippen molar-refractivity contribution in [2.75, 3.05) is 7.11 Å². The number of aromatic hydroxyl groups is 2. The molecular formula is C22H18FNO4S. The van der Waals surface area contributed by atoms with Crippen LogP contribution in [0.3, 0.4) is 0 Å². The zero-order chi connectivity index (χ0) is 20.5. The number of fused-ring (bicyclic) bond motifs is 1. The van der Waals surface area contributed by atoms with Gasteiger partial charge in [0.05, 0.1) is 18.2 Å². The van der Waals surface area contributed by atoms with Gasteiger partial charge in [0.25, 0.3) is 0 Å². The molecule has 7 heteroatoms. The second kappa shape index (κ2) is 7.60. The third kappa shape index (κ3) is 3.56. The summed E-state index contributed by atoms with van der Waals surface area (Å²) in [6, 6.07) is 12.4. The van der Waals surface area contributed by atoms with Gasteiger partial charge in [0.15, 0.2) is 16.6 Å². The molecule has 0 aliphatic carbocycles. The minimum atomic E-state index is -0.638. The quantitative estimate of drug-likeness (QED) is 0.459. The first-order valence-corrected chi connectivity index (χ1v) is 9.71. The van der Waals surface area contributed by atoms with Gasteiger partial charge in [-0.3, -0.25) is 4.98 Å². The van der Waals surface area contributed by atoms with Gasteiger partial charge in [-0.05, 0) is 19.1 Å². The Bertz CT molecular complexity index is 1190. The molecule has 0 atom stereocenters. The number of aryl methyl sites for hydroxylation is 1. The molecule has 2 aromatic carbocycles. The minimum Gasteiger partial charge on any atom is -0.506 e. The van der Waals surface area contributed by atoms with E-state index in [9.17, 15) is 14.6 Å². The summed E-state index contributed by atoms with van der Waals surface area (Å²) < 4.78 is 25.8. The Hall–Kier alpha value is -3.32. The Kier molecular flexibility index (Phi) is 4.98. The number of para-hydroxylation sites is 1. The highest BCUT2D eigenvalue weighted by Gasteiger charge is 2.20. The topological polar surface area (TPSA) is 71.8 Å². The summed E-state index contributed by atoms with van der Waals surface area (Å²) >= 11 is 0.922. The van der Waals surface area contributed by atoms with Crippen LogP contribution in [0.15, 0.2) is 47.8 Å². The summed E-state index contributed by atoms with van der Waals surface area (Å²) in [6.07, 6.45) is 0. The number of benzene rings is 2. The molecule has 2 N–H and O–H groups in total. The first-order chi connectivity index (χ1) is 14.0. The van der Waals surface area contributed by atoms with E-state index in [-0.39, 0.29) is 34.3 Å². The number of nitrogens with zero attached hydrogens (tertiary/aromatic N) is 1. The largest absolute Gasteiger partial charge is 0.506 e. The summed E-state index contributed by atoms with van der Waals surface area (Å²) in [5.74, 6) is -0.333. The summed E-state index contributed by atoms with van der Waals surface area (Å²) in [4.78, 5) is 4.59. The van der Waals surface area contributed by atoms with E-state index in [0.29, 0.717) is 5.75 Å². The van der Waals surface area contributed by atoms with Crippen molar-refractivity contribution in [1.82, 2.24) is 4.98 Å². The number of hydrogen-bond donors (Lipinski definition) is 2. The molecule has 0 saturated carbocycles. The van der Waals surface area contributed by atoms with Crippen molar-refractivity contribution < 1.29 is 24.1 Å². The summed E-state index contributed by atoms with van der Waals surface area (Å²) in [6.45, 7) is 2.11. The fraction of sp³-hybridized carbons (Fsp3) is 0.136. The van der Waals surface area contributed by atoms with Crippen molar-refractivity contribution in [3.8, 4) is 33.4 Å². The van der Waals surface area contributed by atoms with Crippen LogP contribution in [0.1, 0.15) is 11.3 Å². The van der Waals surface area contributed by atoms with Crippen LogP contribution in [0.4, 0.5) is 4.39 Å². The van der Waals surface area contributed by atoms with Crippen LogP contribution in [0.2, 0.25) is 0 Å². The molecule has 0 radical (unpaired) electrons. The number of aromatic nitrogens is 1. The summed E-state index contributed by atoms with van der Waals surface area (Å²) in [5.41, 5.74) is 2.67. The van der Waals surface area contributed by atoms with Gasteiger partial charge in [-0.1, -0.05) is 24.3 Å². The van der Waals surface area contributed by atoms with Gasteiger partial charge in [0, 0.05) is 33.7 Å². The van der Waals surface area contributed by atoms with Gasteiger partial charge in [-0.25, -0.2) is 4.39 Å². The number of thiophene rings is 1. The van der Waals surface area contributed by atoms with Crippen molar-refractivity contribution in [3.05, 3.63) is 64.9 Å². The van der Waals surface area contributed by atoms with Crippen molar-refractivity contribution >= 4 is 22.2 Å². The Morgan fingerprint density at radius 2 is 1.93 bits per heavy atom. The van der Waals surface area contributed by atoms with Crippen LogP contribution in [-0.4, -0.2) is 22.3 Å². The van der Waals surface area contributed by atoms with E-state index in [1.54, 1.807) is 0 Å². The SMILES string of the molecule is COc1cc(F)c(-c2c(O)csc2O)cc1OCc1cccc2ccc(C)nc12. The lowest BCUT2D eigenvalue weighted by Gasteiger charge is -2.14. The van der Waals surface area contributed by atoms with E-state index in [0.717, 1.165) is 33.5 Å². The van der Waals surface area contributed by atoms with Crippen LogP contribution < -0.4 is 9.47 Å². The molecule has 148 valence electrons. The Labute approximate surface area is 170 Å². The van der Waals surface area contributed by atoms with Gasteiger partial charge in [0.2, 0.25) is 0 Å². The first kappa shape index (κ1) is 19.0. The van der Waals surface area contributed by atoms with E-state index in [1.807, 2.05) is 37.3 Å². The molecule has 4 aromatic rings. The van der Waals surface area contributed by atoms with Crippen molar-refractivity contribution in [1.29, 1.82) is 0 Å². The van der Waals surface area contributed by atoms with Gasteiger partial charge >= 0.3 is 0 Å². The molecule has 0 aliphatic rings. The molecule has 29 heavy (non-hydrogen) atoms. The third-order valence-corrected chi connectivity index (χ3v) is 5.37. The second-order valence-electron chi connectivity index (χ2n) is 6.51. The normalized spacial score (nSPS) is 11.0. The first-order valence-electron chi connectivity index (χ1n) is 8.83. The highest BCUT2D eigenvalue weighted by atomic mass is 32.1. The van der Waals surface area contributed by atoms with Crippen LogP contribution in [-0.2, 0) is 6.61 Å². The number of rotatable bonds is 5. The predicted molar refractivity (Wildman–Crippen MR) is 110 cm³/mol. The molecule has 0 unspecified atom stereocenters. The van der Waals surface area contributed by atoms with Gasteiger partial charge in [-0.15, -0.1) is 11.3 Å². The van der Waals surface area contributed by atoms with Crippen molar-refractivity contribution in [2.24, 2.45) is 0 Å². The molecule has 2 heterocycles. The van der Waals surface area contributed by atoms with Crippen LogP contribution in [0, 0.1) is 12.7 Å². The smallest absolute Gasteiger partial charge is 0.183 e. The average molecular weight is 411 g/mol. The Morgan fingerprint density at radius 1 is 1.10 bits per heavy atom. The lowest BCUT2D eigenvalue weighted by Crippen LogP contribution is -2.01. The molecule has 4 rings (SSSR count). The monoisotopic (exact) mass is 411 g/mol. The maximum Gasteiger partial charge on any atom is 0.183 e. The fourth-order valence-corrected chi connectivity index (χ4v) is 3.84. The maximum atomic E-state index is 14.6. The third-order valence-electron chi connectivity index (χ3n) is 4.60. The van der Waals surface area contributed by atoms with Crippen LogP contribution in [0.25, 0.3) is 22.0 Å². The predicted octanol–water partition coefficient (Wildman–Crippen LogP) is 5.41. The number of pyridine rings is 1. The van der Waals surface area contributed by atoms with Gasteiger partial charge in [-0.2, -0.15) is 0 Å². The molecule has 0 aliphatic heterocycles. The number of methoxy groups -OCH3 is 1. The van der Waals surface area contributed by atoms with E-state index in [2.05, 4.69) is 4.98 Å². The second-order valence-corrected chi connectivity index (χ2v) is 7.37. The Morgan fingerprint density at radius 3 is 2.66 bits per heavy atom. The zero-order valence-corrected chi connectivity index (χ0v) is 16.6. The molecule has 2 aromatic heterocycles. The van der Waals surface area contributed by atoms with Crippen molar-refractivity contribution in [2.45, 2.75) is 13.5 Å².